The molecule has 8 heteroatoms. The van der Waals surface area contributed by atoms with Crippen LogP contribution in [0.5, 0.6) is 23.0 Å². The van der Waals surface area contributed by atoms with E-state index in [9.17, 15) is 9.59 Å². The van der Waals surface area contributed by atoms with Gasteiger partial charge in [-0.1, -0.05) is 6.07 Å². The molecule has 33 heavy (non-hydrogen) atoms. The first kappa shape index (κ1) is 24.2. The van der Waals surface area contributed by atoms with E-state index in [1.165, 1.54) is 0 Å². The molecule has 1 heterocycles. The van der Waals surface area contributed by atoms with Gasteiger partial charge in [-0.3, -0.25) is 9.59 Å². The topological polar surface area (TPSA) is 86.3 Å². The highest BCUT2D eigenvalue weighted by Crippen LogP contribution is 2.35. The molecule has 0 bridgehead atoms. The fourth-order valence-electron chi connectivity index (χ4n) is 4.09. The molecule has 2 aromatic carbocycles. The van der Waals surface area contributed by atoms with E-state index >= 15 is 0 Å². The predicted molar refractivity (Wildman–Crippen MR) is 124 cm³/mol. The fraction of sp³-hybridized carbons (Fsp3) is 0.440. The first-order valence-electron chi connectivity index (χ1n) is 10.9. The standard InChI is InChI=1S/C25H32N2O6/c1-25(24(29)26-13-11-17-6-9-20(31-3)22(14-17)33-5)12-10-23(28)27(25)16-18-7-8-19(30-2)15-21(18)32-4/h6-9,14-15H,10-13,16H2,1-5H3,(H,26,29). The van der Waals surface area contributed by atoms with Crippen molar-refractivity contribution in [1.82, 2.24) is 10.2 Å². The van der Waals surface area contributed by atoms with Gasteiger partial charge in [0, 0.05) is 24.6 Å². The molecule has 178 valence electrons. The fourth-order valence-corrected chi connectivity index (χ4v) is 4.09. The van der Waals surface area contributed by atoms with Crippen molar-refractivity contribution in [2.24, 2.45) is 0 Å². The average Bonchev–Trinajstić information content (AvgIpc) is 3.13. The second-order valence-corrected chi connectivity index (χ2v) is 8.13. The molecular weight excluding hydrogens is 424 g/mol. The van der Waals surface area contributed by atoms with Gasteiger partial charge in [-0.25, -0.2) is 0 Å². The van der Waals surface area contributed by atoms with Gasteiger partial charge in [-0.2, -0.15) is 0 Å². The number of ether oxygens (including phenoxy) is 4. The Labute approximate surface area is 194 Å². The highest BCUT2D eigenvalue weighted by atomic mass is 16.5. The molecule has 8 nitrogen and oxygen atoms in total. The Kier molecular flexibility index (Phi) is 7.68. The van der Waals surface area contributed by atoms with E-state index in [4.69, 9.17) is 18.9 Å². The largest absolute Gasteiger partial charge is 0.497 e. The van der Waals surface area contributed by atoms with Crippen LogP contribution in [-0.4, -0.2) is 57.2 Å². The third-order valence-electron chi connectivity index (χ3n) is 6.18. The Balaban J connectivity index is 1.68. The summed E-state index contributed by atoms with van der Waals surface area (Å²) in [5.41, 5.74) is 0.901. The zero-order valence-corrected chi connectivity index (χ0v) is 19.9. The molecule has 1 N–H and O–H groups in total. The second-order valence-electron chi connectivity index (χ2n) is 8.13. The van der Waals surface area contributed by atoms with Gasteiger partial charge >= 0.3 is 0 Å². The highest BCUT2D eigenvalue weighted by Gasteiger charge is 2.47. The SMILES string of the molecule is COc1ccc(CN2C(=O)CCC2(C)C(=O)NCCc2ccc(OC)c(OC)c2)c(OC)c1. The molecule has 0 aromatic heterocycles. The lowest BCUT2D eigenvalue weighted by molar-refractivity contribution is -0.141. The molecule has 0 radical (unpaired) electrons. The Hall–Kier alpha value is -3.42. The van der Waals surface area contributed by atoms with Crippen LogP contribution in [0.1, 0.15) is 30.9 Å². The van der Waals surface area contributed by atoms with E-state index in [0.29, 0.717) is 48.8 Å². The minimum atomic E-state index is -0.931. The van der Waals surface area contributed by atoms with Crippen molar-refractivity contribution in [2.75, 3.05) is 35.0 Å². The van der Waals surface area contributed by atoms with Gasteiger partial charge in [-0.15, -0.1) is 0 Å². The maximum Gasteiger partial charge on any atom is 0.245 e. The zero-order valence-electron chi connectivity index (χ0n) is 19.9. The quantitative estimate of drug-likeness (QED) is 0.592. The number of carbonyl (C=O) groups is 2. The Morgan fingerprint density at radius 2 is 1.70 bits per heavy atom. The molecule has 1 atom stereocenters. The molecule has 2 aromatic rings. The minimum Gasteiger partial charge on any atom is -0.497 e. The van der Waals surface area contributed by atoms with E-state index in [1.54, 1.807) is 39.4 Å². The lowest BCUT2D eigenvalue weighted by Crippen LogP contribution is -2.54. The van der Waals surface area contributed by atoms with E-state index < -0.39 is 5.54 Å². The summed E-state index contributed by atoms with van der Waals surface area (Å²) in [4.78, 5) is 27.5. The number of nitrogens with one attached hydrogen (secondary N) is 1. The molecule has 0 spiro atoms. The smallest absolute Gasteiger partial charge is 0.245 e. The van der Waals surface area contributed by atoms with Gasteiger partial charge in [0.25, 0.3) is 0 Å². The van der Waals surface area contributed by atoms with Crippen LogP contribution in [0.4, 0.5) is 0 Å². The van der Waals surface area contributed by atoms with Gasteiger partial charge in [0.1, 0.15) is 17.0 Å². The highest BCUT2D eigenvalue weighted by molar-refractivity contribution is 5.94. The van der Waals surface area contributed by atoms with Crippen LogP contribution in [0.15, 0.2) is 36.4 Å². The molecule has 0 aliphatic carbocycles. The number of carbonyl (C=O) groups excluding carboxylic acids is 2. The van der Waals surface area contributed by atoms with Gasteiger partial charge in [0.15, 0.2) is 11.5 Å². The monoisotopic (exact) mass is 456 g/mol. The van der Waals surface area contributed by atoms with Crippen LogP contribution in [0.3, 0.4) is 0 Å². The van der Waals surface area contributed by atoms with E-state index in [-0.39, 0.29) is 18.4 Å². The van der Waals surface area contributed by atoms with Crippen molar-refractivity contribution in [1.29, 1.82) is 0 Å². The van der Waals surface area contributed by atoms with Crippen molar-refractivity contribution < 1.29 is 28.5 Å². The summed E-state index contributed by atoms with van der Waals surface area (Å²) in [6.07, 6.45) is 1.42. The molecule has 0 saturated carbocycles. The van der Waals surface area contributed by atoms with Gasteiger partial charge in [0.05, 0.1) is 35.0 Å². The summed E-state index contributed by atoms with van der Waals surface area (Å²) in [6.45, 7) is 2.54. The molecule has 1 aliphatic rings. The van der Waals surface area contributed by atoms with E-state index in [0.717, 1.165) is 11.1 Å². The van der Waals surface area contributed by atoms with Crippen LogP contribution in [0.2, 0.25) is 0 Å². The summed E-state index contributed by atoms with van der Waals surface area (Å²) >= 11 is 0. The zero-order chi connectivity index (χ0) is 24.0. The summed E-state index contributed by atoms with van der Waals surface area (Å²) in [7, 11) is 6.34. The Morgan fingerprint density at radius 3 is 2.36 bits per heavy atom. The van der Waals surface area contributed by atoms with Crippen LogP contribution < -0.4 is 24.3 Å². The van der Waals surface area contributed by atoms with Crippen molar-refractivity contribution in [3.05, 3.63) is 47.5 Å². The van der Waals surface area contributed by atoms with Crippen molar-refractivity contribution in [3.8, 4) is 23.0 Å². The predicted octanol–water partition coefficient (Wildman–Crippen LogP) is 2.96. The van der Waals surface area contributed by atoms with Gasteiger partial charge < -0.3 is 29.2 Å². The summed E-state index contributed by atoms with van der Waals surface area (Å²) in [6, 6.07) is 11.1. The molecule has 2 amide bonds. The number of amides is 2. The molecule has 1 unspecified atom stereocenters. The van der Waals surface area contributed by atoms with Gasteiger partial charge in [-0.05, 0) is 49.6 Å². The molecule has 1 aliphatic heterocycles. The second kappa shape index (κ2) is 10.5. The van der Waals surface area contributed by atoms with Crippen LogP contribution >= 0.6 is 0 Å². The van der Waals surface area contributed by atoms with Crippen molar-refractivity contribution in [2.45, 2.75) is 38.3 Å². The first-order valence-corrected chi connectivity index (χ1v) is 10.9. The normalized spacial score (nSPS) is 17.6. The first-order chi connectivity index (χ1) is 15.9. The lowest BCUT2D eigenvalue weighted by Gasteiger charge is -2.34. The summed E-state index contributed by atoms with van der Waals surface area (Å²) < 4.78 is 21.3. The number of hydrogen-bond donors (Lipinski definition) is 1. The number of hydrogen-bond acceptors (Lipinski definition) is 6. The van der Waals surface area contributed by atoms with Gasteiger partial charge in [0.2, 0.25) is 11.8 Å². The Morgan fingerprint density at radius 1 is 0.970 bits per heavy atom. The van der Waals surface area contributed by atoms with Crippen LogP contribution in [0, 0.1) is 0 Å². The number of rotatable bonds is 10. The third kappa shape index (κ3) is 5.16. The maximum absolute atomic E-state index is 13.2. The summed E-state index contributed by atoms with van der Waals surface area (Å²) in [5, 5.41) is 3.01. The van der Waals surface area contributed by atoms with Crippen LogP contribution in [-0.2, 0) is 22.6 Å². The number of likely N-dealkylation sites (tertiary alicyclic amines) is 1. The number of nitrogens with zero attached hydrogens (tertiary/aromatic N) is 1. The average molecular weight is 457 g/mol. The van der Waals surface area contributed by atoms with E-state index in [2.05, 4.69) is 5.32 Å². The third-order valence-corrected chi connectivity index (χ3v) is 6.18. The van der Waals surface area contributed by atoms with Crippen molar-refractivity contribution >= 4 is 11.8 Å². The lowest BCUT2D eigenvalue weighted by atomic mass is 9.96. The number of methoxy groups -OCH3 is 4. The molecule has 1 saturated heterocycles. The van der Waals surface area contributed by atoms with Crippen molar-refractivity contribution in [3.63, 3.8) is 0 Å². The molecule has 1 fully saturated rings. The maximum atomic E-state index is 13.2. The minimum absolute atomic E-state index is 0.0505. The molecule has 3 rings (SSSR count). The van der Waals surface area contributed by atoms with Crippen LogP contribution in [0.25, 0.3) is 0 Å². The van der Waals surface area contributed by atoms with E-state index in [1.807, 2.05) is 37.3 Å². The molecular formula is C25H32N2O6. The summed E-state index contributed by atoms with van der Waals surface area (Å²) in [5.74, 6) is 2.37. The Bertz CT molecular complexity index is 1010. The number of benzene rings is 2.